The minimum atomic E-state index is -0.353. The normalized spacial score (nSPS) is 10.6. The molecule has 4 rings (SSSR count). The van der Waals surface area contributed by atoms with Crippen molar-refractivity contribution in [2.75, 3.05) is 32.8 Å². The van der Waals surface area contributed by atoms with Crippen LogP contribution in [0.2, 0.25) is 0 Å². The molecular weight excluding hydrogens is 438 g/mol. The van der Waals surface area contributed by atoms with E-state index in [4.69, 9.17) is 25.7 Å². The fourth-order valence-corrected chi connectivity index (χ4v) is 3.08. The van der Waals surface area contributed by atoms with E-state index in [1.54, 1.807) is 33.5 Å². The molecule has 10 nitrogen and oxygen atoms in total. The third-order valence-corrected chi connectivity index (χ3v) is 4.80. The highest BCUT2D eigenvalue weighted by Crippen LogP contribution is 2.25. The van der Waals surface area contributed by atoms with Crippen LogP contribution in [0.15, 0.2) is 60.7 Å². The number of hydrogen-bond acceptors (Lipinski definition) is 8. The molecule has 1 heterocycles. The topological polar surface area (TPSA) is 146 Å². The summed E-state index contributed by atoms with van der Waals surface area (Å²) in [5, 5.41) is 25.7. The van der Waals surface area contributed by atoms with E-state index in [0.717, 1.165) is 22.6 Å². The lowest BCUT2D eigenvalue weighted by molar-refractivity contribution is -0.672. The van der Waals surface area contributed by atoms with E-state index in [0.29, 0.717) is 21.0 Å². The van der Waals surface area contributed by atoms with Gasteiger partial charge >= 0.3 is 5.95 Å². The maximum Gasteiger partial charge on any atom is 0.458 e. The van der Waals surface area contributed by atoms with Gasteiger partial charge in [0.2, 0.25) is 5.10 Å². The number of para-hydroxylation sites is 2. The number of methoxy groups -OCH3 is 3. The van der Waals surface area contributed by atoms with Gasteiger partial charge in [-0.1, -0.05) is 30.4 Å². The lowest BCUT2D eigenvalue weighted by atomic mass is 10.1. The summed E-state index contributed by atoms with van der Waals surface area (Å²) in [6.07, 6.45) is 3.95. The van der Waals surface area contributed by atoms with Crippen LogP contribution in [0.4, 0.5) is 11.6 Å². The number of ether oxygens (including phenoxy) is 3. The van der Waals surface area contributed by atoms with Crippen molar-refractivity contribution in [1.29, 1.82) is 0 Å². The molecule has 0 spiro atoms. The number of fused-ring (bicyclic) bond motifs is 1. The highest BCUT2D eigenvalue weighted by molar-refractivity contribution is 5.73. The molecule has 0 fully saturated rings. The van der Waals surface area contributed by atoms with Gasteiger partial charge in [0.1, 0.15) is 17.2 Å². The van der Waals surface area contributed by atoms with Crippen LogP contribution in [-0.4, -0.2) is 26.4 Å². The molecule has 10 heteroatoms. The summed E-state index contributed by atoms with van der Waals surface area (Å²) in [5.41, 5.74) is 14.1. The third kappa shape index (κ3) is 5.54. The Balaban J connectivity index is 0.000000212. The van der Waals surface area contributed by atoms with E-state index in [1.807, 2.05) is 48.6 Å². The molecule has 3 aromatic carbocycles. The van der Waals surface area contributed by atoms with Crippen LogP contribution in [0.1, 0.15) is 11.1 Å². The van der Waals surface area contributed by atoms with E-state index in [1.165, 1.54) is 12.1 Å². The number of nitrogens with zero attached hydrogens (tertiary/aromatic N) is 3. The first-order valence-corrected chi connectivity index (χ1v) is 10.1. The van der Waals surface area contributed by atoms with Crippen molar-refractivity contribution in [2.45, 2.75) is 0 Å². The lowest BCUT2D eigenvalue weighted by Gasteiger charge is -2.06. The quantitative estimate of drug-likeness (QED) is 0.199. The minimum absolute atomic E-state index is 0.201. The van der Waals surface area contributed by atoms with Crippen LogP contribution in [0.5, 0.6) is 17.2 Å². The van der Waals surface area contributed by atoms with Gasteiger partial charge in [0.25, 0.3) is 5.52 Å². The van der Waals surface area contributed by atoms with Crippen molar-refractivity contribution in [3.05, 3.63) is 82.2 Å². The molecule has 34 heavy (non-hydrogen) atoms. The second-order valence-corrected chi connectivity index (χ2v) is 6.99. The molecule has 0 aliphatic heterocycles. The molecular formula is C24H25N5O5. The summed E-state index contributed by atoms with van der Waals surface area (Å²) in [6.45, 7) is 0. The average Bonchev–Trinajstić information content (AvgIpc) is 2.86. The SMILES string of the molecule is COc1cc(/C=C\c2ccc(OC)c(N)c2)cc(OC)c1.Nc1n[n+]([O-])c2ccccc2[n+]1[O-]. The van der Waals surface area contributed by atoms with Gasteiger partial charge in [-0.15, -0.1) is 0 Å². The van der Waals surface area contributed by atoms with Crippen LogP contribution in [-0.2, 0) is 0 Å². The number of anilines is 2. The van der Waals surface area contributed by atoms with E-state index < -0.39 is 0 Å². The number of hydrogen-bond donors (Lipinski definition) is 2. The molecule has 4 N–H and O–H groups in total. The number of nitrogen functional groups attached to an aromatic ring is 2. The Labute approximate surface area is 196 Å². The molecule has 0 aliphatic rings. The van der Waals surface area contributed by atoms with Gasteiger partial charge in [0.15, 0.2) is 5.52 Å². The largest absolute Gasteiger partial charge is 0.739 e. The van der Waals surface area contributed by atoms with Crippen molar-refractivity contribution in [1.82, 2.24) is 5.10 Å². The Morgan fingerprint density at radius 2 is 1.38 bits per heavy atom. The second kappa shape index (κ2) is 10.7. The molecule has 176 valence electrons. The van der Waals surface area contributed by atoms with Gasteiger partial charge < -0.3 is 30.4 Å². The fraction of sp³-hybridized carbons (Fsp3) is 0.125. The Morgan fingerprint density at radius 1 is 0.765 bits per heavy atom. The Kier molecular flexibility index (Phi) is 7.55. The number of nitrogens with two attached hydrogens (primary N) is 2. The molecule has 0 amide bonds. The molecule has 0 saturated carbocycles. The molecule has 0 saturated heterocycles. The number of rotatable bonds is 5. The molecule has 0 unspecified atom stereocenters. The van der Waals surface area contributed by atoms with E-state index in [-0.39, 0.29) is 17.0 Å². The summed E-state index contributed by atoms with van der Waals surface area (Å²) >= 11 is 0. The van der Waals surface area contributed by atoms with Crippen molar-refractivity contribution >= 4 is 34.8 Å². The van der Waals surface area contributed by atoms with E-state index >= 15 is 0 Å². The third-order valence-electron chi connectivity index (χ3n) is 4.80. The maximum absolute atomic E-state index is 11.3. The maximum atomic E-state index is 11.3. The van der Waals surface area contributed by atoms with Gasteiger partial charge in [-0.2, -0.15) is 0 Å². The first-order chi connectivity index (χ1) is 16.4. The van der Waals surface area contributed by atoms with Crippen molar-refractivity contribution < 1.29 is 23.8 Å². The molecule has 1 aromatic heterocycles. The standard InChI is InChI=1S/C17H19NO3.C7H6N4O2/c1-19-14-8-13(9-15(11-14)20-2)5-4-12-6-7-17(21-3)16(18)10-12;8-7-9-11(13)6-4-2-1-3-5(6)10(7)12/h4-11H,18H2,1-3H3;1-4H,(H2,8,9)/b5-4-;. The zero-order valence-corrected chi connectivity index (χ0v) is 19.0. The Morgan fingerprint density at radius 3 is 1.97 bits per heavy atom. The van der Waals surface area contributed by atoms with Crippen LogP contribution < -0.4 is 35.3 Å². The van der Waals surface area contributed by atoms with Crippen molar-refractivity contribution in [2.24, 2.45) is 0 Å². The predicted octanol–water partition coefficient (Wildman–Crippen LogP) is 2.55. The highest BCUT2D eigenvalue weighted by Gasteiger charge is 2.15. The number of benzene rings is 3. The molecule has 0 atom stereocenters. The van der Waals surface area contributed by atoms with Gasteiger partial charge in [0, 0.05) is 17.0 Å². The van der Waals surface area contributed by atoms with Crippen LogP contribution in [0, 0.1) is 10.4 Å². The summed E-state index contributed by atoms with van der Waals surface area (Å²) in [7, 11) is 4.86. The molecule has 4 aromatic rings. The summed E-state index contributed by atoms with van der Waals surface area (Å²) in [4.78, 5) is 0.332. The highest BCUT2D eigenvalue weighted by atomic mass is 16.5. The van der Waals surface area contributed by atoms with Crippen LogP contribution in [0.3, 0.4) is 0 Å². The summed E-state index contributed by atoms with van der Waals surface area (Å²) < 4.78 is 16.1. The summed E-state index contributed by atoms with van der Waals surface area (Å²) in [5.74, 6) is 1.83. The van der Waals surface area contributed by atoms with E-state index in [9.17, 15) is 10.4 Å². The van der Waals surface area contributed by atoms with Gasteiger partial charge in [-0.25, -0.2) is 4.73 Å². The van der Waals surface area contributed by atoms with Crippen molar-refractivity contribution in [3.8, 4) is 17.2 Å². The van der Waals surface area contributed by atoms with Gasteiger partial charge in [0.05, 0.1) is 27.0 Å². The van der Waals surface area contributed by atoms with Crippen molar-refractivity contribution in [3.63, 3.8) is 0 Å². The average molecular weight is 463 g/mol. The van der Waals surface area contributed by atoms with Crippen LogP contribution >= 0.6 is 0 Å². The minimum Gasteiger partial charge on any atom is -0.739 e. The monoisotopic (exact) mass is 463 g/mol. The molecule has 0 radical (unpaired) electrons. The fourth-order valence-electron chi connectivity index (χ4n) is 3.08. The number of aromatic nitrogens is 3. The van der Waals surface area contributed by atoms with Crippen LogP contribution in [0.25, 0.3) is 23.2 Å². The van der Waals surface area contributed by atoms with Gasteiger partial charge in [-0.3, -0.25) is 5.73 Å². The Hall–Kier alpha value is -4.73. The second-order valence-electron chi connectivity index (χ2n) is 6.99. The smallest absolute Gasteiger partial charge is 0.458 e. The molecule has 0 bridgehead atoms. The Bertz CT molecular complexity index is 1300. The summed E-state index contributed by atoms with van der Waals surface area (Å²) in [6, 6.07) is 17.7. The zero-order chi connectivity index (χ0) is 24.7. The molecule has 0 aliphatic carbocycles. The van der Waals surface area contributed by atoms with E-state index in [2.05, 4.69) is 5.10 Å². The first kappa shape index (κ1) is 23.9. The lowest BCUT2D eigenvalue weighted by Crippen LogP contribution is -2.44. The predicted molar refractivity (Wildman–Crippen MR) is 130 cm³/mol. The van der Waals surface area contributed by atoms with Gasteiger partial charge in [-0.05, 0) is 41.5 Å². The first-order valence-electron chi connectivity index (χ1n) is 10.1. The zero-order valence-electron chi connectivity index (χ0n) is 19.0.